The van der Waals surface area contributed by atoms with Crippen molar-refractivity contribution in [3.05, 3.63) is 29.5 Å². The second kappa shape index (κ2) is 8.99. The first kappa shape index (κ1) is 21.8. The Kier molecular flexibility index (Phi) is 6.32. The lowest BCUT2D eigenvalue weighted by Crippen LogP contribution is -2.50. The van der Waals surface area contributed by atoms with E-state index in [1.54, 1.807) is 16.0 Å². The number of likely N-dealkylation sites (N-methyl/N-ethyl adjacent to an activating group) is 1. The Morgan fingerprint density at radius 2 is 2.19 bits per heavy atom. The summed E-state index contributed by atoms with van der Waals surface area (Å²) in [4.78, 5) is 34.0. The number of aromatic nitrogens is 1. The van der Waals surface area contributed by atoms with Gasteiger partial charge in [0.25, 0.3) is 5.91 Å². The minimum Gasteiger partial charge on any atom is -0.472 e. The molecule has 3 atom stereocenters. The van der Waals surface area contributed by atoms with Gasteiger partial charge in [0.15, 0.2) is 0 Å². The summed E-state index contributed by atoms with van der Waals surface area (Å²) in [6, 6.07) is 1.56. The summed E-state index contributed by atoms with van der Waals surface area (Å²) in [5.41, 5.74) is 2.60. The van der Waals surface area contributed by atoms with Gasteiger partial charge in [0.1, 0.15) is 11.7 Å². The molecule has 0 unspecified atom stereocenters. The Morgan fingerprint density at radius 1 is 1.42 bits per heavy atom. The lowest BCUT2D eigenvalue weighted by molar-refractivity contribution is -0.132. The highest BCUT2D eigenvalue weighted by atomic mass is 16.5. The van der Waals surface area contributed by atoms with Gasteiger partial charge < -0.3 is 19.6 Å². The van der Waals surface area contributed by atoms with Crippen molar-refractivity contribution in [2.45, 2.75) is 58.1 Å². The molecule has 3 aliphatic rings. The minimum atomic E-state index is -0.318. The highest BCUT2D eigenvalue weighted by Gasteiger charge is 2.37. The van der Waals surface area contributed by atoms with E-state index in [4.69, 9.17) is 4.74 Å². The molecule has 0 aromatic carbocycles. The molecule has 4 rings (SSSR count). The molecule has 0 bridgehead atoms. The number of carbonyl (C=O) groups is 2. The van der Waals surface area contributed by atoms with Crippen molar-refractivity contribution < 1.29 is 19.4 Å². The van der Waals surface area contributed by atoms with Crippen molar-refractivity contribution in [1.82, 2.24) is 14.8 Å². The fourth-order valence-corrected chi connectivity index (χ4v) is 4.43. The van der Waals surface area contributed by atoms with Crippen molar-refractivity contribution in [3.8, 4) is 5.88 Å². The predicted molar refractivity (Wildman–Crippen MR) is 118 cm³/mol. The number of hydrogen-bond acceptors (Lipinski definition) is 5. The molecule has 168 valence electrons. The quantitative estimate of drug-likeness (QED) is 0.755. The molecule has 1 aromatic heterocycles. The Labute approximate surface area is 184 Å². The maximum Gasteiger partial charge on any atom is 0.259 e. The summed E-state index contributed by atoms with van der Waals surface area (Å²) in [7, 11) is 1.82. The van der Waals surface area contributed by atoms with E-state index in [2.05, 4.69) is 11.1 Å². The third kappa shape index (κ3) is 4.61. The molecule has 0 spiro atoms. The Balaban J connectivity index is 1.66. The average Bonchev–Trinajstić information content (AvgIpc) is 3.48. The maximum atomic E-state index is 13.4. The fourth-order valence-electron chi connectivity index (χ4n) is 4.43. The van der Waals surface area contributed by atoms with Crippen molar-refractivity contribution in [3.63, 3.8) is 0 Å². The van der Waals surface area contributed by atoms with Gasteiger partial charge in [-0.15, -0.1) is 0 Å². The molecule has 0 saturated heterocycles. The lowest BCUT2D eigenvalue weighted by Gasteiger charge is -2.37. The minimum absolute atomic E-state index is 0.0282. The Bertz CT molecular complexity index is 880. The molecule has 2 amide bonds. The van der Waals surface area contributed by atoms with E-state index < -0.39 is 0 Å². The summed E-state index contributed by atoms with van der Waals surface area (Å²) in [5, 5.41) is 9.78. The number of aliphatic hydroxyl groups is 1. The van der Waals surface area contributed by atoms with E-state index >= 15 is 0 Å². The molecule has 0 radical (unpaired) electrons. The monoisotopic (exact) mass is 427 g/mol. The highest BCUT2D eigenvalue weighted by Crippen LogP contribution is 2.33. The number of nitrogens with zero attached hydrogens (tertiary/aromatic N) is 3. The molecule has 7 nitrogen and oxygen atoms in total. The van der Waals surface area contributed by atoms with Crippen LogP contribution in [0.15, 0.2) is 18.3 Å². The van der Waals surface area contributed by atoms with Crippen LogP contribution in [0, 0.1) is 11.8 Å². The number of aliphatic hydroxyl groups excluding tert-OH is 1. The van der Waals surface area contributed by atoms with Gasteiger partial charge in [-0.05, 0) is 56.2 Å². The van der Waals surface area contributed by atoms with Gasteiger partial charge in [0.05, 0.1) is 19.2 Å². The molecule has 31 heavy (non-hydrogen) atoms. The fraction of sp³-hybridized carbons (Fsp3) is 0.625. The molecule has 1 aromatic rings. The lowest BCUT2D eigenvalue weighted by atomic mass is 9.99. The van der Waals surface area contributed by atoms with Crippen molar-refractivity contribution >= 4 is 17.4 Å². The van der Waals surface area contributed by atoms with Crippen LogP contribution in [0.3, 0.4) is 0 Å². The number of fused-ring (bicyclic) bond motifs is 1. The van der Waals surface area contributed by atoms with E-state index in [1.807, 2.05) is 27.0 Å². The number of amides is 2. The molecule has 2 heterocycles. The van der Waals surface area contributed by atoms with E-state index in [1.165, 1.54) is 5.57 Å². The van der Waals surface area contributed by atoms with Crippen LogP contribution in [0.25, 0.3) is 5.57 Å². The zero-order chi connectivity index (χ0) is 22.1. The van der Waals surface area contributed by atoms with Crippen LogP contribution in [-0.4, -0.2) is 70.6 Å². The van der Waals surface area contributed by atoms with Gasteiger partial charge in [-0.25, -0.2) is 4.98 Å². The van der Waals surface area contributed by atoms with E-state index in [9.17, 15) is 14.7 Å². The van der Waals surface area contributed by atoms with Gasteiger partial charge in [-0.2, -0.15) is 0 Å². The van der Waals surface area contributed by atoms with Crippen LogP contribution in [0.2, 0.25) is 0 Å². The number of ether oxygens (including phenoxy) is 1. The second-order valence-corrected chi connectivity index (χ2v) is 9.31. The summed E-state index contributed by atoms with van der Waals surface area (Å²) in [6.07, 6.45) is 8.77. The first-order valence-corrected chi connectivity index (χ1v) is 11.4. The maximum absolute atomic E-state index is 13.4. The van der Waals surface area contributed by atoms with Crippen LogP contribution in [-0.2, 0) is 4.79 Å². The number of hydrogen-bond donors (Lipinski definition) is 1. The summed E-state index contributed by atoms with van der Waals surface area (Å²) < 4.78 is 6.29. The van der Waals surface area contributed by atoms with E-state index in [-0.39, 0.29) is 42.4 Å². The molecule has 2 aliphatic carbocycles. The van der Waals surface area contributed by atoms with Gasteiger partial charge >= 0.3 is 0 Å². The molecule has 1 fully saturated rings. The SMILES string of the molecule is C[C@H](CO)N1C[C@H](C)[C@@H](CN(C)C(=O)C2CC2)Oc2ncc(C3=CCCC3)cc2C1=O. The van der Waals surface area contributed by atoms with Crippen LogP contribution in [0.1, 0.15) is 61.9 Å². The summed E-state index contributed by atoms with van der Waals surface area (Å²) in [5.74, 6) is 0.420. The average molecular weight is 428 g/mol. The summed E-state index contributed by atoms with van der Waals surface area (Å²) >= 11 is 0. The Hall–Kier alpha value is -2.41. The Morgan fingerprint density at radius 3 is 2.84 bits per heavy atom. The molecule has 1 saturated carbocycles. The number of carbonyl (C=O) groups excluding carboxylic acids is 2. The van der Waals surface area contributed by atoms with E-state index in [0.717, 1.165) is 37.7 Å². The molecule has 1 aliphatic heterocycles. The molecular formula is C24H33N3O4. The largest absolute Gasteiger partial charge is 0.472 e. The highest BCUT2D eigenvalue weighted by molar-refractivity contribution is 5.97. The molecular weight excluding hydrogens is 394 g/mol. The third-order valence-electron chi connectivity index (χ3n) is 6.69. The topological polar surface area (TPSA) is 83.0 Å². The molecule has 7 heteroatoms. The smallest absolute Gasteiger partial charge is 0.259 e. The number of rotatable bonds is 6. The van der Waals surface area contributed by atoms with E-state index in [0.29, 0.717) is 24.5 Å². The molecule has 1 N–H and O–H groups in total. The van der Waals surface area contributed by atoms with Gasteiger partial charge in [-0.3, -0.25) is 9.59 Å². The number of pyridine rings is 1. The van der Waals surface area contributed by atoms with Crippen LogP contribution in [0.5, 0.6) is 5.88 Å². The van der Waals surface area contributed by atoms with Crippen LogP contribution < -0.4 is 4.74 Å². The standard InChI is InChI=1S/C24H33N3O4/c1-15-12-27(16(2)14-28)24(30)20-10-19(17-6-4-5-7-17)11-25-22(20)31-21(15)13-26(3)23(29)18-8-9-18/h6,10-11,15-16,18,21,28H,4-5,7-9,12-14H2,1-3H3/t15-,16+,21+/m0/s1. The van der Waals surface area contributed by atoms with Crippen molar-refractivity contribution in [2.24, 2.45) is 11.8 Å². The second-order valence-electron chi connectivity index (χ2n) is 9.31. The van der Waals surface area contributed by atoms with Crippen LogP contribution in [0.4, 0.5) is 0 Å². The summed E-state index contributed by atoms with van der Waals surface area (Å²) in [6.45, 7) is 4.65. The van der Waals surface area contributed by atoms with Crippen molar-refractivity contribution in [1.29, 1.82) is 0 Å². The zero-order valence-electron chi connectivity index (χ0n) is 18.7. The zero-order valence-corrected chi connectivity index (χ0v) is 18.7. The van der Waals surface area contributed by atoms with Gasteiger partial charge in [0.2, 0.25) is 11.8 Å². The first-order valence-electron chi connectivity index (χ1n) is 11.4. The number of allylic oxidation sites excluding steroid dienone is 2. The normalized spacial score (nSPS) is 24.6. The first-order chi connectivity index (χ1) is 14.9. The van der Waals surface area contributed by atoms with Gasteiger partial charge in [-0.1, -0.05) is 13.0 Å². The third-order valence-corrected chi connectivity index (χ3v) is 6.69. The predicted octanol–water partition coefficient (Wildman–Crippen LogP) is 2.74. The van der Waals surface area contributed by atoms with Gasteiger partial charge in [0, 0.05) is 31.6 Å². The van der Waals surface area contributed by atoms with Crippen LogP contribution >= 0.6 is 0 Å². The van der Waals surface area contributed by atoms with Crippen molar-refractivity contribution in [2.75, 3.05) is 26.7 Å².